The normalized spacial score (nSPS) is 15.5. The summed E-state index contributed by atoms with van der Waals surface area (Å²) in [7, 11) is 0. The molecular weight excluding hydrogens is 454 g/mol. The molecule has 3 aromatic rings. The van der Waals surface area contributed by atoms with Crippen LogP contribution in [0.2, 0.25) is 0 Å². The van der Waals surface area contributed by atoms with E-state index in [2.05, 4.69) is 37.1 Å². The lowest BCUT2D eigenvalue weighted by atomic mass is 9.72. The lowest BCUT2D eigenvalue weighted by Gasteiger charge is -2.33. The predicted molar refractivity (Wildman–Crippen MR) is 143 cm³/mol. The van der Waals surface area contributed by atoms with E-state index in [1.54, 1.807) is 17.6 Å². The molecule has 5 nitrogen and oxygen atoms in total. The van der Waals surface area contributed by atoms with Crippen LogP contribution in [0.5, 0.6) is 5.75 Å². The number of amides is 1. The van der Waals surface area contributed by atoms with Gasteiger partial charge in [0.1, 0.15) is 16.8 Å². The van der Waals surface area contributed by atoms with Gasteiger partial charge in [-0.3, -0.25) is 4.79 Å². The molecule has 0 saturated heterocycles. The first kappa shape index (κ1) is 24.7. The lowest BCUT2D eigenvalue weighted by Crippen LogP contribution is -2.26. The Morgan fingerprint density at radius 3 is 2.66 bits per heavy atom. The van der Waals surface area contributed by atoms with Crippen molar-refractivity contribution >= 4 is 34.1 Å². The molecule has 4 rings (SSSR count). The Labute approximate surface area is 211 Å². The first-order valence-electron chi connectivity index (χ1n) is 11.9. The average molecular weight is 486 g/mol. The summed E-state index contributed by atoms with van der Waals surface area (Å²) in [5.74, 6) is 1.03. The second-order valence-corrected chi connectivity index (χ2v) is 11.2. The Morgan fingerprint density at radius 2 is 1.97 bits per heavy atom. The molecule has 35 heavy (non-hydrogen) atoms. The van der Waals surface area contributed by atoms with Crippen LogP contribution in [0, 0.1) is 29.6 Å². The van der Waals surface area contributed by atoms with Gasteiger partial charge in [-0.1, -0.05) is 39.0 Å². The predicted octanol–water partition coefficient (Wildman–Crippen LogP) is 6.85. The van der Waals surface area contributed by atoms with Crippen molar-refractivity contribution in [2.45, 2.75) is 47.0 Å². The van der Waals surface area contributed by atoms with Gasteiger partial charge in [-0.25, -0.2) is 4.99 Å². The molecule has 180 valence electrons. The monoisotopic (exact) mass is 485 g/mol. The fraction of sp³-hybridized carbons (Fsp3) is 0.345. The minimum atomic E-state index is -0.204. The number of aliphatic imine (C=N–C) groups is 1. The zero-order chi connectivity index (χ0) is 25.0. The number of hydrogen-bond acceptors (Lipinski definition) is 5. The number of benzene rings is 2. The van der Waals surface area contributed by atoms with Crippen LogP contribution in [0.3, 0.4) is 0 Å². The van der Waals surface area contributed by atoms with Crippen LogP contribution in [0.15, 0.2) is 53.5 Å². The summed E-state index contributed by atoms with van der Waals surface area (Å²) in [6.45, 7) is 8.77. The highest BCUT2D eigenvalue weighted by Gasteiger charge is 2.32. The van der Waals surface area contributed by atoms with Gasteiger partial charge in [0.05, 0.1) is 5.56 Å². The van der Waals surface area contributed by atoms with Gasteiger partial charge in [-0.2, -0.15) is 5.26 Å². The summed E-state index contributed by atoms with van der Waals surface area (Å²) in [6.07, 6.45) is 4.89. The van der Waals surface area contributed by atoms with E-state index in [0.29, 0.717) is 11.7 Å². The number of thiophene rings is 1. The molecule has 1 aliphatic carbocycles. The fourth-order valence-corrected chi connectivity index (χ4v) is 5.57. The first-order valence-corrected chi connectivity index (χ1v) is 12.7. The standard InChI is InChI=1S/C29H31N3O2S/c1-19-7-5-6-8-25(19)32-27(33)18-34-22-12-9-20(10-13-22)17-31-28-24(16-30)23-14-11-21(29(2,3)4)15-26(23)35-28/h5-10,12-13,17,21H,11,14-15,18H2,1-4H3,(H,32,33)/t21-/m0/s1. The number of fused-ring (bicyclic) bond motifs is 1. The Hall–Kier alpha value is -3.43. The first-order chi connectivity index (χ1) is 16.7. The smallest absolute Gasteiger partial charge is 0.262 e. The molecule has 0 spiro atoms. The van der Waals surface area contributed by atoms with E-state index >= 15 is 0 Å². The number of aryl methyl sites for hydroxylation is 1. The molecule has 1 atom stereocenters. The molecule has 1 amide bonds. The van der Waals surface area contributed by atoms with Crippen molar-refractivity contribution < 1.29 is 9.53 Å². The molecule has 1 aliphatic rings. The number of ether oxygens (including phenoxy) is 1. The highest BCUT2D eigenvalue weighted by Crippen LogP contribution is 2.44. The minimum absolute atomic E-state index is 0.0659. The number of anilines is 1. The summed E-state index contributed by atoms with van der Waals surface area (Å²) in [5, 5.41) is 13.4. The number of carbonyl (C=O) groups excluding carboxylic acids is 1. The quantitative estimate of drug-likeness (QED) is 0.388. The minimum Gasteiger partial charge on any atom is -0.484 e. The van der Waals surface area contributed by atoms with E-state index in [0.717, 1.165) is 46.6 Å². The van der Waals surface area contributed by atoms with E-state index in [9.17, 15) is 10.1 Å². The van der Waals surface area contributed by atoms with Crippen molar-refractivity contribution in [2.24, 2.45) is 16.3 Å². The summed E-state index contributed by atoms with van der Waals surface area (Å²) in [5.41, 5.74) is 4.89. The summed E-state index contributed by atoms with van der Waals surface area (Å²) >= 11 is 1.65. The van der Waals surface area contributed by atoms with Gasteiger partial charge < -0.3 is 10.1 Å². The lowest BCUT2D eigenvalue weighted by molar-refractivity contribution is -0.118. The van der Waals surface area contributed by atoms with Crippen molar-refractivity contribution in [3.63, 3.8) is 0 Å². The van der Waals surface area contributed by atoms with Crippen LogP contribution >= 0.6 is 11.3 Å². The van der Waals surface area contributed by atoms with Crippen molar-refractivity contribution in [3.05, 3.63) is 75.7 Å². The molecular formula is C29H31N3O2S. The highest BCUT2D eigenvalue weighted by molar-refractivity contribution is 7.16. The van der Waals surface area contributed by atoms with Gasteiger partial charge in [0.15, 0.2) is 6.61 Å². The highest BCUT2D eigenvalue weighted by atomic mass is 32.1. The topological polar surface area (TPSA) is 74.5 Å². The summed E-state index contributed by atoms with van der Waals surface area (Å²) < 4.78 is 5.63. The van der Waals surface area contributed by atoms with Crippen molar-refractivity contribution in [2.75, 3.05) is 11.9 Å². The van der Waals surface area contributed by atoms with E-state index < -0.39 is 0 Å². The molecule has 6 heteroatoms. The van der Waals surface area contributed by atoms with Crippen molar-refractivity contribution in [3.8, 4) is 11.8 Å². The van der Waals surface area contributed by atoms with Gasteiger partial charge in [0, 0.05) is 16.8 Å². The van der Waals surface area contributed by atoms with E-state index in [1.807, 2.05) is 55.5 Å². The van der Waals surface area contributed by atoms with Crippen LogP contribution in [-0.4, -0.2) is 18.7 Å². The molecule has 1 N–H and O–H groups in total. The molecule has 1 aromatic heterocycles. The van der Waals surface area contributed by atoms with Gasteiger partial charge in [-0.15, -0.1) is 11.3 Å². The van der Waals surface area contributed by atoms with Crippen LogP contribution in [0.25, 0.3) is 0 Å². The van der Waals surface area contributed by atoms with Crippen molar-refractivity contribution in [1.82, 2.24) is 0 Å². The number of rotatable bonds is 6. The fourth-order valence-electron chi connectivity index (χ4n) is 4.35. The van der Waals surface area contributed by atoms with E-state index in [-0.39, 0.29) is 17.9 Å². The van der Waals surface area contributed by atoms with Gasteiger partial charge in [0.2, 0.25) is 0 Å². The van der Waals surface area contributed by atoms with E-state index in [4.69, 9.17) is 4.74 Å². The summed E-state index contributed by atoms with van der Waals surface area (Å²) in [6, 6.07) is 17.5. The third kappa shape index (κ3) is 5.98. The Morgan fingerprint density at radius 1 is 1.23 bits per heavy atom. The zero-order valence-electron chi connectivity index (χ0n) is 20.7. The van der Waals surface area contributed by atoms with Crippen LogP contribution in [0.4, 0.5) is 10.7 Å². The molecule has 0 saturated carbocycles. The average Bonchev–Trinajstić information content (AvgIpc) is 3.19. The number of nitrogens with one attached hydrogen (secondary N) is 1. The van der Waals surface area contributed by atoms with Gasteiger partial charge in [-0.05, 0) is 84.5 Å². The second-order valence-electron chi connectivity index (χ2n) is 10.1. The van der Waals surface area contributed by atoms with Crippen LogP contribution in [0.1, 0.15) is 54.3 Å². The molecule has 0 unspecified atom stereocenters. The third-order valence-electron chi connectivity index (χ3n) is 6.58. The number of nitrogens with zero attached hydrogens (tertiary/aromatic N) is 2. The van der Waals surface area contributed by atoms with Crippen molar-refractivity contribution in [1.29, 1.82) is 5.26 Å². The molecule has 0 radical (unpaired) electrons. The van der Waals surface area contributed by atoms with Crippen LogP contribution < -0.4 is 10.1 Å². The van der Waals surface area contributed by atoms with Gasteiger partial charge >= 0.3 is 0 Å². The molecule has 0 bridgehead atoms. The number of carbonyl (C=O) groups is 1. The zero-order valence-corrected chi connectivity index (χ0v) is 21.5. The maximum atomic E-state index is 12.2. The Balaban J connectivity index is 1.38. The Bertz CT molecular complexity index is 1280. The number of para-hydroxylation sites is 1. The van der Waals surface area contributed by atoms with Crippen LogP contribution in [-0.2, 0) is 17.6 Å². The number of hydrogen-bond donors (Lipinski definition) is 1. The Kier molecular flexibility index (Phi) is 7.37. The molecule has 2 aromatic carbocycles. The SMILES string of the molecule is Cc1ccccc1NC(=O)COc1ccc(C=Nc2sc3c(c2C#N)CC[C@H](C(C)(C)C)C3)cc1. The largest absolute Gasteiger partial charge is 0.484 e. The maximum absolute atomic E-state index is 12.2. The molecule has 0 aliphatic heterocycles. The van der Waals surface area contributed by atoms with Gasteiger partial charge in [0.25, 0.3) is 5.91 Å². The molecule has 1 heterocycles. The summed E-state index contributed by atoms with van der Waals surface area (Å²) in [4.78, 5) is 18.2. The molecule has 0 fully saturated rings. The van der Waals surface area contributed by atoms with E-state index in [1.165, 1.54) is 10.4 Å². The second kappa shape index (κ2) is 10.5. The third-order valence-corrected chi connectivity index (χ3v) is 7.75. The number of nitriles is 1. The maximum Gasteiger partial charge on any atom is 0.262 e.